The van der Waals surface area contributed by atoms with Crippen molar-refractivity contribution in [1.29, 1.82) is 0 Å². The van der Waals surface area contributed by atoms with Crippen molar-refractivity contribution in [3.05, 3.63) is 39.1 Å². The van der Waals surface area contributed by atoms with Crippen LogP contribution in [0, 0.1) is 10.5 Å². The summed E-state index contributed by atoms with van der Waals surface area (Å²) in [5.41, 5.74) is 0.650. The third kappa shape index (κ3) is 3.74. The van der Waals surface area contributed by atoms with Gasteiger partial charge in [0.05, 0.1) is 11.9 Å². The highest BCUT2D eigenvalue weighted by Gasteiger charge is 2.00. The molecule has 0 aromatic heterocycles. The fourth-order valence-corrected chi connectivity index (χ4v) is 1.43. The molecule has 1 aromatic rings. The van der Waals surface area contributed by atoms with Crippen molar-refractivity contribution in [2.75, 3.05) is 5.32 Å². The van der Waals surface area contributed by atoms with E-state index in [0.717, 1.165) is 15.3 Å². The van der Waals surface area contributed by atoms with Gasteiger partial charge in [0.2, 0.25) is 0 Å². The third-order valence-electron chi connectivity index (χ3n) is 1.98. The molecule has 0 aliphatic carbocycles. The maximum Gasteiger partial charge on any atom is 0.0748 e. The minimum Gasteiger partial charge on any atom is -0.545 e. The fraction of sp³-hybridized carbons (Fsp3) is 0.0909. The van der Waals surface area contributed by atoms with E-state index in [4.69, 9.17) is 0 Å². The number of nitrogens with one attached hydrogen (secondary N) is 1. The molecule has 0 spiro atoms. The lowest BCUT2D eigenvalue weighted by molar-refractivity contribution is -0.312. The largest absolute Gasteiger partial charge is 0.545 e. The average molecular weight is 345 g/mol. The molecule has 0 aliphatic rings. The Morgan fingerprint density at radius 1 is 1.29 bits per heavy atom. The quantitative estimate of drug-likeness (QED) is 0.340. The van der Waals surface area contributed by atoms with Crippen LogP contribution in [0.25, 0.3) is 0 Å². The first kappa shape index (κ1) is 13.5. The van der Waals surface area contributed by atoms with Gasteiger partial charge in [0, 0.05) is 21.0 Å². The number of rotatable bonds is 4. The van der Waals surface area contributed by atoms with Gasteiger partial charge in [0.15, 0.2) is 0 Å². The number of carboxylic acid groups (broad SMARTS) is 2. The molecule has 0 fully saturated rings. The van der Waals surface area contributed by atoms with Gasteiger partial charge in [-0.1, -0.05) is 0 Å². The van der Waals surface area contributed by atoms with Crippen LogP contribution in [0.1, 0.15) is 5.56 Å². The highest BCUT2D eigenvalue weighted by atomic mass is 127. The molecule has 1 rings (SSSR count). The number of carboxylic acids is 2. The minimum absolute atomic E-state index is 0.586. The Morgan fingerprint density at radius 2 is 1.88 bits per heavy atom. The molecular weight excluding hydrogens is 337 g/mol. The van der Waals surface area contributed by atoms with Crippen molar-refractivity contribution in [3.8, 4) is 0 Å². The van der Waals surface area contributed by atoms with E-state index < -0.39 is 17.5 Å². The van der Waals surface area contributed by atoms with Crippen LogP contribution in [0.15, 0.2) is 30.0 Å². The number of carbonyl (C=O) groups is 2. The van der Waals surface area contributed by atoms with Gasteiger partial charge >= 0.3 is 0 Å². The van der Waals surface area contributed by atoms with E-state index in [0.29, 0.717) is 5.69 Å². The lowest BCUT2D eigenvalue weighted by Gasteiger charge is -2.10. The van der Waals surface area contributed by atoms with Crippen LogP contribution in [-0.2, 0) is 9.59 Å². The molecule has 0 heterocycles. The zero-order valence-corrected chi connectivity index (χ0v) is 11.0. The van der Waals surface area contributed by atoms with Gasteiger partial charge in [0.25, 0.3) is 0 Å². The second-order valence-electron chi connectivity index (χ2n) is 3.24. The molecule has 0 saturated heterocycles. The Labute approximate surface area is 111 Å². The van der Waals surface area contributed by atoms with Crippen LogP contribution >= 0.6 is 22.6 Å². The summed E-state index contributed by atoms with van der Waals surface area (Å²) in [6.07, 6.45) is 0.840. The first-order chi connectivity index (χ1) is 7.91. The molecule has 0 atom stereocenters. The number of carbonyl (C=O) groups excluding carboxylic acids is 2. The van der Waals surface area contributed by atoms with Gasteiger partial charge in [0.1, 0.15) is 0 Å². The van der Waals surface area contributed by atoms with E-state index in [1.165, 1.54) is 0 Å². The van der Waals surface area contributed by atoms with Gasteiger partial charge in [-0.3, -0.25) is 0 Å². The van der Waals surface area contributed by atoms with Crippen molar-refractivity contribution in [2.45, 2.75) is 6.92 Å². The van der Waals surface area contributed by atoms with Crippen molar-refractivity contribution in [2.24, 2.45) is 0 Å². The zero-order chi connectivity index (χ0) is 13.0. The van der Waals surface area contributed by atoms with Crippen LogP contribution in [0.5, 0.6) is 0 Å². The smallest absolute Gasteiger partial charge is 0.0748 e. The van der Waals surface area contributed by atoms with Gasteiger partial charge in [-0.05, 0) is 53.3 Å². The molecule has 5 nitrogen and oxygen atoms in total. The topological polar surface area (TPSA) is 92.3 Å². The maximum atomic E-state index is 10.4. The van der Waals surface area contributed by atoms with Gasteiger partial charge in [-0.2, -0.15) is 0 Å². The number of aliphatic carboxylic acids is 2. The lowest BCUT2D eigenvalue weighted by atomic mass is 10.2. The number of anilines is 1. The first-order valence-electron chi connectivity index (χ1n) is 4.57. The molecular formula is C11H8INO4-2. The van der Waals surface area contributed by atoms with Crippen molar-refractivity contribution >= 4 is 40.2 Å². The van der Waals surface area contributed by atoms with Gasteiger partial charge in [-0.15, -0.1) is 0 Å². The van der Waals surface area contributed by atoms with Crippen molar-refractivity contribution in [1.82, 2.24) is 0 Å². The number of hydrogen-bond donors (Lipinski definition) is 1. The summed E-state index contributed by atoms with van der Waals surface area (Å²) < 4.78 is 1.05. The summed E-state index contributed by atoms with van der Waals surface area (Å²) in [5.74, 6) is -3.58. The van der Waals surface area contributed by atoms with E-state index in [1.807, 2.05) is 13.0 Å². The van der Waals surface area contributed by atoms with Crippen LogP contribution in [0.2, 0.25) is 0 Å². The zero-order valence-electron chi connectivity index (χ0n) is 8.82. The molecule has 0 amide bonds. The normalized spacial score (nSPS) is 9.53. The molecule has 6 heteroatoms. The van der Waals surface area contributed by atoms with Crippen LogP contribution in [0.4, 0.5) is 5.69 Å². The summed E-state index contributed by atoms with van der Waals surface area (Å²) in [7, 11) is 0. The number of halogens is 1. The minimum atomic E-state index is -1.79. The van der Waals surface area contributed by atoms with E-state index in [9.17, 15) is 19.8 Å². The second kappa shape index (κ2) is 5.67. The molecule has 0 radical (unpaired) electrons. The molecule has 0 bridgehead atoms. The Kier molecular flexibility index (Phi) is 4.50. The average Bonchev–Trinajstić information content (AvgIpc) is 2.22. The molecule has 1 N–H and O–H groups in total. The number of hydrogen-bond acceptors (Lipinski definition) is 5. The van der Waals surface area contributed by atoms with E-state index in [-0.39, 0.29) is 0 Å². The fourth-order valence-electron chi connectivity index (χ4n) is 1.09. The van der Waals surface area contributed by atoms with Gasteiger partial charge < -0.3 is 25.1 Å². The lowest BCUT2D eigenvalue weighted by Crippen LogP contribution is -2.36. The monoisotopic (exact) mass is 345 g/mol. The van der Waals surface area contributed by atoms with Crippen LogP contribution in [0.3, 0.4) is 0 Å². The standard InChI is InChI=1S/C11H10INO4/c1-6-4-7(2-3-9(6)12)13-5-8(10(14)15)11(16)17/h2-5,13H,1H3,(H,14,15)(H,16,17)/p-2. The highest BCUT2D eigenvalue weighted by Crippen LogP contribution is 2.16. The van der Waals surface area contributed by atoms with Crippen molar-refractivity contribution in [3.63, 3.8) is 0 Å². The summed E-state index contributed by atoms with van der Waals surface area (Å²) in [5, 5.41) is 23.5. The molecule has 1 aromatic carbocycles. The van der Waals surface area contributed by atoms with E-state index >= 15 is 0 Å². The Bertz CT molecular complexity index is 480. The van der Waals surface area contributed by atoms with Crippen LogP contribution in [-0.4, -0.2) is 11.9 Å². The van der Waals surface area contributed by atoms with Crippen LogP contribution < -0.4 is 15.5 Å². The molecule has 90 valence electrons. The second-order valence-corrected chi connectivity index (χ2v) is 4.40. The predicted molar refractivity (Wildman–Crippen MR) is 65.6 cm³/mol. The Balaban J connectivity index is 2.91. The molecule has 0 unspecified atom stereocenters. The SMILES string of the molecule is Cc1cc(NC=C(C(=O)[O-])C(=O)[O-])ccc1I. The predicted octanol–water partition coefficient (Wildman–Crippen LogP) is -0.605. The van der Waals surface area contributed by atoms with E-state index in [1.54, 1.807) is 12.1 Å². The van der Waals surface area contributed by atoms with Gasteiger partial charge in [-0.25, -0.2) is 0 Å². The van der Waals surface area contributed by atoms with E-state index in [2.05, 4.69) is 27.9 Å². The summed E-state index contributed by atoms with van der Waals surface area (Å²) >= 11 is 2.15. The first-order valence-corrected chi connectivity index (χ1v) is 5.65. The maximum absolute atomic E-state index is 10.4. The summed E-state index contributed by atoms with van der Waals surface area (Å²) in [6.45, 7) is 1.88. The Morgan fingerprint density at radius 3 is 2.35 bits per heavy atom. The number of benzene rings is 1. The Hall–Kier alpha value is -1.57. The summed E-state index contributed by atoms with van der Waals surface area (Å²) in [4.78, 5) is 20.9. The molecule has 17 heavy (non-hydrogen) atoms. The summed E-state index contributed by atoms with van der Waals surface area (Å²) in [6, 6.07) is 5.29. The molecule has 0 saturated carbocycles. The number of aryl methyl sites for hydroxylation is 1. The third-order valence-corrected chi connectivity index (χ3v) is 3.19. The molecule has 0 aliphatic heterocycles. The highest BCUT2D eigenvalue weighted by molar-refractivity contribution is 14.1. The van der Waals surface area contributed by atoms with Crippen molar-refractivity contribution < 1.29 is 19.8 Å².